The van der Waals surface area contributed by atoms with Gasteiger partial charge in [-0.2, -0.15) is 5.10 Å². The number of carbonyl (C=O) groups excluding carboxylic acids is 1. The average molecular weight is 425 g/mol. The van der Waals surface area contributed by atoms with Gasteiger partial charge < -0.3 is 10.1 Å². The van der Waals surface area contributed by atoms with Crippen molar-refractivity contribution < 1.29 is 9.53 Å². The van der Waals surface area contributed by atoms with Gasteiger partial charge in [0.25, 0.3) is 5.91 Å². The van der Waals surface area contributed by atoms with Crippen molar-refractivity contribution in [3.8, 4) is 5.75 Å². The van der Waals surface area contributed by atoms with Crippen molar-refractivity contribution in [2.75, 3.05) is 25.5 Å². The van der Waals surface area contributed by atoms with E-state index in [9.17, 15) is 4.79 Å². The molecule has 6 nitrogen and oxygen atoms in total. The van der Waals surface area contributed by atoms with Gasteiger partial charge >= 0.3 is 0 Å². The summed E-state index contributed by atoms with van der Waals surface area (Å²) in [6, 6.07) is 17.3. The van der Waals surface area contributed by atoms with Gasteiger partial charge in [0.1, 0.15) is 11.6 Å². The number of likely N-dealkylation sites (tertiary alicyclic amines) is 1. The Bertz CT molecular complexity index is 1010. The lowest BCUT2D eigenvalue weighted by atomic mass is 10.0. The Morgan fingerprint density at radius 3 is 2.63 bits per heavy atom. The van der Waals surface area contributed by atoms with Gasteiger partial charge in [0, 0.05) is 30.7 Å². The molecule has 0 bridgehead atoms. The molecule has 0 saturated carbocycles. The molecule has 0 radical (unpaired) electrons. The molecule has 2 aromatic carbocycles. The molecule has 30 heavy (non-hydrogen) atoms. The first-order chi connectivity index (χ1) is 14.7. The number of halogens is 1. The molecular formula is C23H25ClN4O2. The van der Waals surface area contributed by atoms with Gasteiger partial charge in [-0.1, -0.05) is 41.9 Å². The molecule has 7 heteroatoms. The first-order valence-corrected chi connectivity index (χ1v) is 10.5. The third-order valence-electron chi connectivity index (χ3n) is 5.52. The number of benzene rings is 2. The number of rotatable bonds is 6. The smallest absolute Gasteiger partial charge is 0.260 e. The van der Waals surface area contributed by atoms with Gasteiger partial charge in [0.15, 0.2) is 0 Å². The van der Waals surface area contributed by atoms with Gasteiger partial charge in [-0.15, -0.1) is 0 Å². The van der Waals surface area contributed by atoms with Crippen molar-refractivity contribution in [3.63, 3.8) is 0 Å². The van der Waals surface area contributed by atoms with Crippen molar-refractivity contribution in [2.24, 2.45) is 0 Å². The first kappa shape index (κ1) is 20.4. The highest BCUT2D eigenvalue weighted by Crippen LogP contribution is 2.28. The fourth-order valence-corrected chi connectivity index (χ4v) is 4.11. The van der Waals surface area contributed by atoms with Crippen LogP contribution in [-0.2, 0) is 6.54 Å². The summed E-state index contributed by atoms with van der Waals surface area (Å²) in [5, 5.41) is 8.28. The molecule has 4 rings (SSSR count). The van der Waals surface area contributed by atoms with Gasteiger partial charge in [-0.3, -0.25) is 9.69 Å². The Kier molecular flexibility index (Phi) is 6.35. The average Bonchev–Trinajstić information content (AvgIpc) is 3.24. The van der Waals surface area contributed by atoms with E-state index in [2.05, 4.69) is 21.4 Å². The number of amides is 1. The number of nitrogens with zero attached hydrogens (tertiary/aromatic N) is 3. The van der Waals surface area contributed by atoms with E-state index in [1.54, 1.807) is 25.4 Å². The summed E-state index contributed by atoms with van der Waals surface area (Å²) < 4.78 is 7.23. The second-order valence-electron chi connectivity index (χ2n) is 7.41. The Morgan fingerprint density at radius 1 is 1.13 bits per heavy atom. The lowest BCUT2D eigenvalue weighted by Crippen LogP contribution is -2.35. The third kappa shape index (κ3) is 4.50. The van der Waals surface area contributed by atoms with E-state index in [0.29, 0.717) is 17.1 Å². The SMILES string of the molecule is COc1ccccc1C(=O)Nc1ccnn1C1CCN(Cc2ccccc2Cl)CC1. The molecule has 1 N–H and O–H groups in total. The maximum absolute atomic E-state index is 12.8. The standard InChI is InChI=1S/C23H25ClN4O2/c1-30-21-9-5-3-7-19(21)23(29)26-22-10-13-25-28(22)18-11-14-27(15-12-18)16-17-6-2-4-8-20(17)24/h2-10,13,18H,11-12,14-16H2,1H3,(H,26,29). The van der Waals surface area contributed by atoms with E-state index in [4.69, 9.17) is 16.3 Å². The minimum atomic E-state index is -0.203. The van der Waals surface area contributed by atoms with Gasteiger partial charge in [0.05, 0.1) is 24.9 Å². The first-order valence-electron chi connectivity index (χ1n) is 10.1. The summed E-state index contributed by atoms with van der Waals surface area (Å²) in [7, 11) is 1.56. The van der Waals surface area contributed by atoms with E-state index in [0.717, 1.165) is 43.1 Å². The van der Waals surface area contributed by atoms with Crippen molar-refractivity contribution in [3.05, 3.63) is 76.9 Å². The summed E-state index contributed by atoms with van der Waals surface area (Å²) in [4.78, 5) is 15.2. The van der Waals surface area contributed by atoms with Crippen molar-refractivity contribution >= 4 is 23.3 Å². The number of piperidine rings is 1. The Labute approximate surface area is 181 Å². The van der Waals surface area contributed by atoms with Crippen LogP contribution in [0.1, 0.15) is 34.8 Å². The van der Waals surface area contributed by atoms with Crippen LogP contribution in [0, 0.1) is 0 Å². The number of aromatic nitrogens is 2. The third-order valence-corrected chi connectivity index (χ3v) is 5.89. The normalized spacial score (nSPS) is 15.1. The number of anilines is 1. The molecule has 0 aliphatic carbocycles. The minimum absolute atomic E-state index is 0.203. The monoisotopic (exact) mass is 424 g/mol. The van der Waals surface area contributed by atoms with Crippen LogP contribution in [0.2, 0.25) is 5.02 Å². The van der Waals surface area contributed by atoms with E-state index in [-0.39, 0.29) is 11.9 Å². The lowest BCUT2D eigenvalue weighted by molar-refractivity contribution is 0.102. The van der Waals surface area contributed by atoms with E-state index in [1.165, 1.54) is 0 Å². The molecule has 2 heterocycles. The number of hydrogen-bond acceptors (Lipinski definition) is 4. The molecule has 0 unspecified atom stereocenters. The maximum atomic E-state index is 12.8. The molecule has 1 amide bonds. The van der Waals surface area contributed by atoms with Crippen LogP contribution in [0.25, 0.3) is 0 Å². The van der Waals surface area contributed by atoms with Crippen LogP contribution in [0.15, 0.2) is 60.8 Å². The second kappa shape index (κ2) is 9.32. The predicted octanol–water partition coefficient (Wildman–Crippen LogP) is 4.63. The minimum Gasteiger partial charge on any atom is -0.496 e. The Hall–Kier alpha value is -2.83. The zero-order valence-electron chi connectivity index (χ0n) is 16.9. The second-order valence-corrected chi connectivity index (χ2v) is 7.82. The van der Waals surface area contributed by atoms with Crippen molar-refractivity contribution in [2.45, 2.75) is 25.4 Å². The number of carbonyl (C=O) groups is 1. The molecule has 1 saturated heterocycles. The highest BCUT2D eigenvalue weighted by molar-refractivity contribution is 6.31. The lowest BCUT2D eigenvalue weighted by Gasteiger charge is -2.32. The maximum Gasteiger partial charge on any atom is 0.260 e. The van der Waals surface area contributed by atoms with E-state index in [1.807, 2.05) is 41.1 Å². The molecule has 156 valence electrons. The largest absolute Gasteiger partial charge is 0.496 e. The topological polar surface area (TPSA) is 59.4 Å². The summed E-state index contributed by atoms with van der Waals surface area (Å²) >= 11 is 6.30. The van der Waals surface area contributed by atoms with Crippen LogP contribution in [0.5, 0.6) is 5.75 Å². The van der Waals surface area contributed by atoms with Crippen molar-refractivity contribution in [1.82, 2.24) is 14.7 Å². The van der Waals surface area contributed by atoms with Gasteiger partial charge in [-0.05, 0) is 36.6 Å². The summed E-state index contributed by atoms with van der Waals surface area (Å²) in [5.41, 5.74) is 1.66. The number of methoxy groups -OCH3 is 1. The van der Waals surface area contributed by atoms with E-state index >= 15 is 0 Å². The van der Waals surface area contributed by atoms with Crippen LogP contribution in [0.3, 0.4) is 0 Å². The molecule has 1 aromatic heterocycles. The summed E-state index contributed by atoms with van der Waals surface area (Å²) in [6.07, 6.45) is 3.65. The number of nitrogens with one attached hydrogen (secondary N) is 1. The fraction of sp³-hybridized carbons (Fsp3) is 0.304. The van der Waals surface area contributed by atoms with Gasteiger partial charge in [0.2, 0.25) is 0 Å². The summed E-state index contributed by atoms with van der Waals surface area (Å²) in [6.45, 7) is 2.76. The van der Waals surface area contributed by atoms with Crippen LogP contribution < -0.4 is 10.1 Å². The van der Waals surface area contributed by atoms with Crippen LogP contribution in [0.4, 0.5) is 5.82 Å². The van der Waals surface area contributed by atoms with Crippen LogP contribution in [-0.4, -0.2) is 40.8 Å². The van der Waals surface area contributed by atoms with Gasteiger partial charge in [-0.25, -0.2) is 4.68 Å². The highest BCUT2D eigenvalue weighted by atomic mass is 35.5. The Morgan fingerprint density at radius 2 is 1.87 bits per heavy atom. The zero-order valence-corrected chi connectivity index (χ0v) is 17.7. The molecule has 0 atom stereocenters. The number of para-hydroxylation sites is 1. The highest BCUT2D eigenvalue weighted by Gasteiger charge is 2.24. The number of ether oxygens (including phenoxy) is 1. The molecule has 1 aliphatic rings. The predicted molar refractivity (Wildman–Crippen MR) is 118 cm³/mol. The molecule has 1 aliphatic heterocycles. The summed E-state index contributed by atoms with van der Waals surface area (Å²) in [5.74, 6) is 1.05. The molecule has 0 spiro atoms. The fourth-order valence-electron chi connectivity index (χ4n) is 3.91. The molecular weight excluding hydrogens is 400 g/mol. The molecule has 3 aromatic rings. The zero-order chi connectivity index (χ0) is 20.9. The van der Waals surface area contributed by atoms with E-state index < -0.39 is 0 Å². The van der Waals surface area contributed by atoms with Crippen molar-refractivity contribution in [1.29, 1.82) is 0 Å². The number of hydrogen-bond donors (Lipinski definition) is 1. The molecule has 1 fully saturated rings. The Balaban J connectivity index is 1.39. The quantitative estimate of drug-likeness (QED) is 0.626. The van der Waals surface area contributed by atoms with Crippen LogP contribution >= 0.6 is 11.6 Å².